The molecule has 1 aromatic carbocycles. The van der Waals surface area contributed by atoms with Crippen LogP contribution in [0.2, 0.25) is 0 Å². The second-order valence-corrected chi connectivity index (χ2v) is 7.50. The number of alkyl halides is 3. The van der Waals surface area contributed by atoms with Crippen LogP contribution < -0.4 is 4.90 Å². The van der Waals surface area contributed by atoms with Crippen LogP contribution in [0.1, 0.15) is 12.5 Å². The number of nitrogens with zero attached hydrogens (tertiary/aromatic N) is 3. The molecule has 0 N–H and O–H groups in total. The molecule has 1 aliphatic heterocycles. The molecule has 0 unspecified atom stereocenters. The van der Waals surface area contributed by atoms with E-state index in [1.165, 1.54) is 16.1 Å². The predicted molar refractivity (Wildman–Crippen MR) is 81.3 cm³/mol. The summed E-state index contributed by atoms with van der Waals surface area (Å²) in [5.74, 6) is -0.0711. The summed E-state index contributed by atoms with van der Waals surface area (Å²) < 4.78 is 64.5. The van der Waals surface area contributed by atoms with Gasteiger partial charge in [-0.3, -0.25) is 10.1 Å². The molecule has 0 aromatic heterocycles. The van der Waals surface area contributed by atoms with Gasteiger partial charge in [-0.25, -0.2) is 8.42 Å². The molecule has 0 bridgehead atoms. The van der Waals surface area contributed by atoms with Crippen molar-refractivity contribution >= 4 is 21.4 Å². The van der Waals surface area contributed by atoms with Crippen molar-refractivity contribution in [1.82, 2.24) is 4.31 Å². The Hall–Kier alpha value is -1.88. The van der Waals surface area contributed by atoms with Gasteiger partial charge in [0.15, 0.2) is 0 Å². The number of nitro benzene ring substituents is 1. The Morgan fingerprint density at radius 3 is 2.25 bits per heavy atom. The quantitative estimate of drug-likeness (QED) is 0.601. The van der Waals surface area contributed by atoms with Crippen LogP contribution in [-0.2, 0) is 16.2 Å². The zero-order valence-corrected chi connectivity index (χ0v) is 13.6. The Morgan fingerprint density at radius 2 is 1.79 bits per heavy atom. The Morgan fingerprint density at radius 1 is 1.21 bits per heavy atom. The van der Waals surface area contributed by atoms with Crippen molar-refractivity contribution in [2.24, 2.45) is 0 Å². The Bertz CT molecular complexity index is 728. The number of halogens is 3. The lowest BCUT2D eigenvalue weighted by atomic mass is 10.1. The number of benzene rings is 1. The van der Waals surface area contributed by atoms with Gasteiger partial charge in [0, 0.05) is 44.0 Å². The number of anilines is 1. The molecular weight excluding hydrogens is 351 g/mol. The van der Waals surface area contributed by atoms with Gasteiger partial charge in [0.1, 0.15) is 0 Å². The summed E-state index contributed by atoms with van der Waals surface area (Å²) in [6, 6.07) is 2.58. The molecule has 2 rings (SSSR count). The van der Waals surface area contributed by atoms with Crippen LogP contribution in [0, 0.1) is 10.1 Å². The lowest BCUT2D eigenvalue weighted by Crippen LogP contribution is -2.49. The minimum Gasteiger partial charge on any atom is -0.368 e. The minimum absolute atomic E-state index is 0.0711. The standard InChI is InChI=1S/C13H16F3N3O4S/c1-2-24(22,23)18-7-5-17(6-8-18)12-4-3-10(19(20)21)9-11(12)13(14,15)16/h3-4,9H,2,5-8H2,1H3. The molecule has 0 aliphatic carbocycles. The van der Waals surface area contributed by atoms with Crippen molar-refractivity contribution in [3.63, 3.8) is 0 Å². The van der Waals surface area contributed by atoms with E-state index in [2.05, 4.69) is 0 Å². The molecule has 1 aliphatic rings. The third kappa shape index (κ3) is 3.78. The van der Waals surface area contributed by atoms with E-state index in [9.17, 15) is 31.7 Å². The Labute approximate surface area is 136 Å². The first-order chi connectivity index (χ1) is 11.1. The van der Waals surface area contributed by atoms with Crippen LogP contribution >= 0.6 is 0 Å². The van der Waals surface area contributed by atoms with Crippen LogP contribution in [0.4, 0.5) is 24.5 Å². The normalized spacial score (nSPS) is 17.1. The number of non-ortho nitro benzene ring substituents is 1. The highest BCUT2D eigenvalue weighted by Gasteiger charge is 2.37. The fraction of sp³-hybridized carbons (Fsp3) is 0.538. The smallest absolute Gasteiger partial charge is 0.368 e. The first-order valence-electron chi connectivity index (χ1n) is 7.14. The van der Waals surface area contributed by atoms with Crippen LogP contribution in [0.15, 0.2) is 18.2 Å². The average molecular weight is 367 g/mol. The van der Waals surface area contributed by atoms with E-state index in [0.717, 1.165) is 12.1 Å². The molecule has 1 fully saturated rings. The van der Waals surface area contributed by atoms with E-state index >= 15 is 0 Å². The summed E-state index contributed by atoms with van der Waals surface area (Å²) in [5.41, 5.74) is -1.91. The van der Waals surface area contributed by atoms with Crippen molar-refractivity contribution in [3.8, 4) is 0 Å². The molecule has 24 heavy (non-hydrogen) atoms. The van der Waals surface area contributed by atoms with Crippen LogP contribution in [-0.4, -0.2) is 49.6 Å². The fourth-order valence-electron chi connectivity index (χ4n) is 2.53. The molecule has 0 atom stereocenters. The highest BCUT2D eigenvalue weighted by atomic mass is 32.2. The van der Waals surface area contributed by atoms with Gasteiger partial charge in [-0.15, -0.1) is 0 Å². The lowest BCUT2D eigenvalue weighted by molar-refractivity contribution is -0.385. The largest absolute Gasteiger partial charge is 0.418 e. The monoisotopic (exact) mass is 367 g/mol. The van der Waals surface area contributed by atoms with Gasteiger partial charge in [-0.2, -0.15) is 17.5 Å². The van der Waals surface area contributed by atoms with E-state index in [1.54, 1.807) is 0 Å². The fourth-order valence-corrected chi connectivity index (χ4v) is 3.61. The molecule has 1 heterocycles. The maximum Gasteiger partial charge on any atom is 0.418 e. The van der Waals surface area contributed by atoms with Gasteiger partial charge in [0.05, 0.1) is 16.2 Å². The van der Waals surface area contributed by atoms with Gasteiger partial charge < -0.3 is 4.90 Å². The summed E-state index contributed by atoms with van der Waals surface area (Å²) in [6.07, 6.45) is -4.74. The minimum atomic E-state index is -4.74. The van der Waals surface area contributed by atoms with E-state index < -0.39 is 32.4 Å². The van der Waals surface area contributed by atoms with Gasteiger partial charge in [0.25, 0.3) is 5.69 Å². The lowest BCUT2D eigenvalue weighted by Gasteiger charge is -2.36. The third-order valence-electron chi connectivity index (χ3n) is 3.83. The Balaban J connectivity index is 2.29. The number of hydrogen-bond acceptors (Lipinski definition) is 5. The van der Waals surface area contributed by atoms with Gasteiger partial charge >= 0.3 is 6.18 Å². The molecule has 134 valence electrons. The first kappa shape index (κ1) is 18.5. The third-order valence-corrected chi connectivity index (χ3v) is 5.72. The number of piperazine rings is 1. The Kier molecular flexibility index (Phi) is 5.04. The van der Waals surface area contributed by atoms with Gasteiger partial charge in [0.2, 0.25) is 10.0 Å². The topological polar surface area (TPSA) is 83.8 Å². The summed E-state index contributed by atoms with van der Waals surface area (Å²) in [5, 5.41) is 10.7. The van der Waals surface area contributed by atoms with Crippen molar-refractivity contribution in [3.05, 3.63) is 33.9 Å². The molecule has 7 nitrogen and oxygen atoms in total. The second-order valence-electron chi connectivity index (χ2n) is 5.24. The van der Waals surface area contributed by atoms with Crippen molar-refractivity contribution < 1.29 is 26.5 Å². The first-order valence-corrected chi connectivity index (χ1v) is 8.75. The maximum atomic E-state index is 13.2. The summed E-state index contributed by atoms with van der Waals surface area (Å²) in [7, 11) is -3.39. The van der Waals surface area contributed by atoms with Crippen molar-refractivity contribution in [2.45, 2.75) is 13.1 Å². The molecule has 1 saturated heterocycles. The average Bonchev–Trinajstić information content (AvgIpc) is 2.53. The molecule has 0 spiro atoms. The highest BCUT2D eigenvalue weighted by molar-refractivity contribution is 7.89. The number of nitro groups is 1. The van der Waals surface area contributed by atoms with Gasteiger partial charge in [-0.1, -0.05) is 0 Å². The molecular formula is C13H16F3N3O4S. The van der Waals surface area contributed by atoms with Crippen LogP contribution in [0.5, 0.6) is 0 Å². The zero-order valence-electron chi connectivity index (χ0n) is 12.8. The second kappa shape index (κ2) is 6.55. The summed E-state index contributed by atoms with van der Waals surface area (Å²) >= 11 is 0. The molecule has 0 amide bonds. The maximum absolute atomic E-state index is 13.2. The zero-order chi connectivity index (χ0) is 18.1. The molecule has 0 saturated carbocycles. The highest BCUT2D eigenvalue weighted by Crippen LogP contribution is 2.39. The molecule has 1 aromatic rings. The number of hydrogen-bond donors (Lipinski definition) is 0. The van der Waals surface area contributed by atoms with E-state index in [0.29, 0.717) is 6.07 Å². The van der Waals surface area contributed by atoms with Gasteiger partial charge in [-0.05, 0) is 13.0 Å². The summed E-state index contributed by atoms with van der Waals surface area (Å²) in [4.78, 5) is 11.2. The number of rotatable bonds is 4. The van der Waals surface area contributed by atoms with Crippen molar-refractivity contribution in [1.29, 1.82) is 0 Å². The van der Waals surface area contributed by atoms with Crippen LogP contribution in [0.3, 0.4) is 0 Å². The predicted octanol–water partition coefficient (Wildman–Crippen LogP) is 2.09. The molecule has 11 heteroatoms. The summed E-state index contributed by atoms with van der Waals surface area (Å²) in [6.45, 7) is 1.81. The number of sulfonamides is 1. The van der Waals surface area contributed by atoms with E-state index in [1.807, 2.05) is 0 Å². The van der Waals surface area contributed by atoms with E-state index in [-0.39, 0.29) is 37.6 Å². The van der Waals surface area contributed by atoms with E-state index in [4.69, 9.17) is 0 Å². The van der Waals surface area contributed by atoms with Crippen molar-refractivity contribution in [2.75, 3.05) is 36.8 Å². The van der Waals surface area contributed by atoms with Crippen LogP contribution in [0.25, 0.3) is 0 Å². The SMILES string of the molecule is CCS(=O)(=O)N1CCN(c2ccc([N+](=O)[O-])cc2C(F)(F)F)CC1. The molecule has 0 radical (unpaired) electrons.